The van der Waals surface area contributed by atoms with Crippen molar-refractivity contribution in [3.05, 3.63) is 59.1 Å². The van der Waals surface area contributed by atoms with Crippen LogP contribution in [0.25, 0.3) is 21.6 Å². The van der Waals surface area contributed by atoms with Crippen molar-refractivity contribution in [3.8, 4) is 16.3 Å². The summed E-state index contributed by atoms with van der Waals surface area (Å²) >= 11 is 1.56. The molecule has 0 aliphatic heterocycles. The summed E-state index contributed by atoms with van der Waals surface area (Å²) in [7, 11) is 3.40. The van der Waals surface area contributed by atoms with Crippen LogP contribution in [0.5, 0.6) is 5.75 Å². The second-order valence-corrected chi connectivity index (χ2v) is 8.48. The molecule has 170 valence electrons. The fourth-order valence-electron chi connectivity index (χ4n) is 3.71. The SMILES string of the molecule is CCN(CC(=O)Nc1ccc(OC)cc1)C(=O)c1cc(-c2cccs2)nc2c1c(C)nn2C. The number of aryl methyl sites for hydroxylation is 2. The molecule has 0 bridgehead atoms. The van der Waals surface area contributed by atoms with Gasteiger partial charge >= 0.3 is 0 Å². The van der Waals surface area contributed by atoms with E-state index in [0.29, 0.717) is 40.3 Å². The topological polar surface area (TPSA) is 89.3 Å². The number of likely N-dealkylation sites (N-methyl/N-ethyl adjacent to an activating group) is 1. The number of carbonyl (C=O) groups is 2. The van der Waals surface area contributed by atoms with Crippen molar-refractivity contribution in [1.82, 2.24) is 19.7 Å². The van der Waals surface area contributed by atoms with E-state index in [-0.39, 0.29) is 18.4 Å². The number of pyridine rings is 1. The molecule has 1 aromatic carbocycles. The Balaban J connectivity index is 1.63. The Bertz CT molecular complexity index is 1300. The summed E-state index contributed by atoms with van der Waals surface area (Å²) in [6, 6.07) is 12.8. The summed E-state index contributed by atoms with van der Waals surface area (Å²) in [6.45, 7) is 4.02. The fraction of sp³-hybridized carbons (Fsp3) is 0.250. The molecular formula is C24H25N5O3S. The maximum absolute atomic E-state index is 13.6. The molecule has 0 saturated carbocycles. The number of fused-ring (bicyclic) bond motifs is 1. The number of anilines is 1. The van der Waals surface area contributed by atoms with Crippen molar-refractivity contribution in [1.29, 1.82) is 0 Å². The molecule has 3 heterocycles. The first-order chi connectivity index (χ1) is 15.9. The van der Waals surface area contributed by atoms with Gasteiger partial charge in [0.15, 0.2) is 5.65 Å². The van der Waals surface area contributed by atoms with Gasteiger partial charge in [0.05, 0.1) is 34.3 Å². The third-order valence-corrected chi connectivity index (χ3v) is 6.24. The standard InChI is InChI=1S/C24H25N5O3S/c1-5-29(14-21(30)25-16-8-10-17(32-4)11-9-16)24(31)18-13-19(20-7-6-12-33-20)26-23-22(18)15(2)27-28(23)3/h6-13H,5,14H2,1-4H3,(H,25,30). The quantitative estimate of drug-likeness (QED) is 0.445. The molecule has 33 heavy (non-hydrogen) atoms. The van der Waals surface area contributed by atoms with Gasteiger partial charge in [0.2, 0.25) is 5.91 Å². The van der Waals surface area contributed by atoms with Crippen molar-refractivity contribution in [2.45, 2.75) is 13.8 Å². The van der Waals surface area contributed by atoms with E-state index in [1.165, 1.54) is 4.90 Å². The smallest absolute Gasteiger partial charge is 0.255 e. The number of ether oxygens (including phenoxy) is 1. The molecule has 8 nitrogen and oxygen atoms in total. The van der Waals surface area contributed by atoms with Crippen LogP contribution in [0.4, 0.5) is 5.69 Å². The second kappa shape index (κ2) is 9.41. The van der Waals surface area contributed by atoms with Crippen LogP contribution in [0, 0.1) is 6.92 Å². The molecule has 0 unspecified atom stereocenters. The number of hydrogen-bond acceptors (Lipinski definition) is 6. The van der Waals surface area contributed by atoms with Crippen molar-refractivity contribution >= 4 is 39.9 Å². The summed E-state index contributed by atoms with van der Waals surface area (Å²) in [5, 5.41) is 9.98. The molecule has 0 aliphatic rings. The number of nitrogens with zero attached hydrogens (tertiary/aromatic N) is 4. The molecule has 0 atom stereocenters. The average Bonchev–Trinajstić information content (AvgIpc) is 3.45. The number of carbonyl (C=O) groups excluding carboxylic acids is 2. The predicted octanol–water partition coefficient (Wildman–Crippen LogP) is 4.11. The lowest BCUT2D eigenvalue weighted by atomic mass is 10.1. The van der Waals surface area contributed by atoms with Crippen LogP contribution in [-0.4, -0.2) is 51.7 Å². The van der Waals surface area contributed by atoms with E-state index in [4.69, 9.17) is 9.72 Å². The van der Waals surface area contributed by atoms with Gasteiger partial charge in [-0.3, -0.25) is 14.3 Å². The van der Waals surface area contributed by atoms with E-state index >= 15 is 0 Å². The van der Waals surface area contributed by atoms with Gasteiger partial charge in [-0.1, -0.05) is 6.07 Å². The van der Waals surface area contributed by atoms with Gasteiger partial charge in [0.1, 0.15) is 12.3 Å². The van der Waals surface area contributed by atoms with Crippen molar-refractivity contribution in [2.75, 3.05) is 25.5 Å². The van der Waals surface area contributed by atoms with E-state index in [1.807, 2.05) is 38.4 Å². The molecule has 0 radical (unpaired) electrons. The number of nitrogens with one attached hydrogen (secondary N) is 1. The highest BCUT2D eigenvalue weighted by Gasteiger charge is 2.24. The highest BCUT2D eigenvalue weighted by molar-refractivity contribution is 7.13. The van der Waals surface area contributed by atoms with Gasteiger partial charge in [-0.25, -0.2) is 4.98 Å². The van der Waals surface area contributed by atoms with Crippen LogP contribution in [0.15, 0.2) is 47.8 Å². The first-order valence-electron chi connectivity index (χ1n) is 10.5. The highest BCUT2D eigenvalue weighted by Crippen LogP contribution is 2.30. The lowest BCUT2D eigenvalue weighted by Crippen LogP contribution is -2.38. The molecule has 1 N–H and O–H groups in total. The third-order valence-electron chi connectivity index (χ3n) is 5.35. The van der Waals surface area contributed by atoms with E-state index < -0.39 is 0 Å². The number of methoxy groups -OCH3 is 1. The molecule has 9 heteroatoms. The molecule has 4 rings (SSSR count). The molecule has 3 aromatic heterocycles. The van der Waals surface area contributed by atoms with Crippen LogP contribution in [0.3, 0.4) is 0 Å². The fourth-order valence-corrected chi connectivity index (χ4v) is 4.40. The molecule has 0 aliphatic carbocycles. The van der Waals surface area contributed by atoms with Crippen LogP contribution < -0.4 is 10.1 Å². The van der Waals surface area contributed by atoms with Gasteiger partial charge in [-0.05, 0) is 55.6 Å². The Morgan fingerprint density at radius 2 is 1.97 bits per heavy atom. The van der Waals surface area contributed by atoms with Crippen molar-refractivity contribution in [2.24, 2.45) is 7.05 Å². The third kappa shape index (κ3) is 4.58. The van der Waals surface area contributed by atoms with E-state index in [1.54, 1.807) is 53.5 Å². The summed E-state index contributed by atoms with van der Waals surface area (Å²) in [6.07, 6.45) is 0. The molecule has 0 spiro atoms. The van der Waals surface area contributed by atoms with E-state index in [2.05, 4.69) is 10.4 Å². The lowest BCUT2D eigenvalue weighted by molar-refractivity contribution is -0.116. The predicted molar refractivity (Wildman–Crippen MR) is 130 cm³/mol. The molecule has 0 fully saturated rings. The van der Waals surface area contributed by atoms with Gasteiger partial charge in [0, 0.05) is 19.3 Å². The maximum atomic E-state index is 13.6. The highest BCUT2D eigenvalue weighted by atomic mass is 32.1. The zero-order chi connectivity index (χ0) is 23.5. The zero-order valence-electron chi connectivity index (χ0n) is 19.0. The molecular weight excluding hydrogens is 438 g/mol. The Morgan fingerprint density at radius 3 is 2.61 bits per heavy atom. The Morgan fingerprint density at radius 1 is 1.21 bits per heavy atom. The number of thiophene rings is 1. The number of rotatable bonds is 7. The first-order valence-corrected chi connectivity index (χ1v) is 11.4. The van der Waals surface area contributed by atoms with Crippen LogP contribution in [0.1, 0.15) is 23.0 Å². The average molecular weight is 464 g/mol. The summed E-state index contributed by atoms with van der Waals surface area (Å²) in [4.78, 5) is 33.5. The number of hydrogen-bond donors (Lipinski definition) is 1. The summed E-state index contributed by atoms with van der Waals surface area (Å²) < 4.78 is 6.83. The monoisotopic (exact) mass is 463 g/mol. The Kier molecular flexibility index (Phi) is 6.41. The van der Waals surface area contributed by atoms with Crippen LogP contribution in [-0.2, 0) is 11.8 Å². The Hall–Kier alpha value is -3.72. The van der Waals surface area contributed by atoms with Gasteiger partial charge in [-0.2, -0.15) is 5.10 Å². The normalized spacial score (nSPS) is 10.9. The first kappa shape index (κ1) is 22.5. The van der Waals surface area contributed by atoms with Crippen molar-refractivity contribution < 1.29 is 14.3 Å². The Labute approximate surface area is 195 Å². The van der Waals surface area contributed by atoms with E-state index in [0.717, 1.165) is 10.6 Å². The number of amides is 2. The number of aromatic nitrogens is 3. The van der Waals surface area contributed by atoms with Crippen LogP contribution >= 0.6 is 11.3 Å². The minimum atomic E-state index is -0.276. The van der Waals surface area contributed by atoms with Gasteiger partial charge < -0.3 is 15.0 Å². The second-order valence-electron chi connectivity index (χ2n) is 7.54. The molecule has 4 aromatic rings. The summed E-state index contributed by atoms with van der Waals surface area (Å²) in [5.41, 5.74) is 3.20. The van der Waals surface area contributed by atoms with Crippen molar-refractivity contribution in [3.63, 3.8) is 0 Å². The minimum absolute atomic E-state index is 0.0706. The molecule has 2 amide bonds. The minimum Gasteiger partial charge on any atom is -0.497 e. The van der Waals surface area contributed by atoms with E-state index in [9.17, 15) is 9.59 Å². The zero-order valence-corrected chi connectivity index (χ0v) is 19.8. The van der Waals surface area contributed by atoms with Gasteiger partial charge in [-0.15, -0.1) is 11.3 Å². The summed E-state index contributed by atoms with van der Waals surface area (Å²) in [5.74, 6) is 0.194. The van der Waals surface area contributed by atoms with Crippen LogP contribution in [0.2, 0.25) is 0 Å². The van der Waals surface area contributed by atoms with Gasteiger partial charge in [0.25, 0.3) is 5.91 Å². The largest absolute Gasteiger partial charge is 0.497 e. The lowest BCUT2D eigenvalue weighted by Gasteiger charge is -2.21. The number of benzene rings is 1. The maximum Gasteiger partial charge on any atom is 0.255 e. The molecule has 0 saturated heterocycles.